The molecule has 0 aliphatic carbocycles. The van der Waals surface area contributed by atoms with Crippen LogP contribution in [-0.4, -0.2) is 38.2 Å². The van der Waals surface area contributed by atoms with Crippen molar-refractivity contribution in [2.75, 3.05) is 18.9 Å². The van der Waals surface area contributed by atoms with Crippen molar-refractivity contribution in [2.24, 2.45) is 7.05 Å². The number of rotatable bonds is 4. The minimum atomic E-state index is 0.374. The average molecular weight is 286 g/mol. The maximum Gasteiger partial charge on any atom is 0.129 e. The minimum absolute atomic E-state index is 0.374. The first kappa shape index (κ1) is 14.0. The summed E-state index contributed by atoms with van der Waals surface area (Å²) in [4.78, 5) is 11.5. The Balaban J connectivity index is 1.81. The van der Waals surface area contributed by atoms with Gasteiger partial charge in [0.1, 0.15) is 11.6 Å². The highest BCUT2D eigenvalue weighted by Crippen LogP contribution is 2.32. The van der Waals surface area contributed by atoms with E-state index in [0.29, 0.717) is 6.04 Å². The fraction of sp³-hybridized carbons (Fsp3) is 0.533. The number of aromatic nitrogens is 4. The second kappa shape index (κ2) is 5.81. The molecule has 0 amide bonds. The Morgan fingerprint density at radius 1 is 1.38 bits per heavy atom. The quantitative estimate of drug-likeness (QED) is 0.930. The van der Waals surface area contributed by atoms with Gasteiger partial charge in [-0.25, -0.2) is 9.97 Å². The first-order valence-electron chi connectivity index (χ1n) is 7.40. The van der Waals surface area contributed by atoms with Crippen LogP contribution < -0.4 is 5.32 Å². The fourth-order valence-corrected chi connectivity index (χ4v) is 3.03. The van der Waals surface area contributed by atoms with E-state index in [1.807, 2.05) is 31.9 Å². The second-order valence-electron chi connectivity index (χ2n) is 5.63. The Bertz CT molecular complexity index is 620. The Labute approximate surface area is 125 Å². The molecule has 0 saturated carbocycles. The van der Waals surface area contributed by atoms with E-state index in [1.54, 1.807) is 0 Å². The molecule has 2 aromatic rings. The Hall–Kier alpha value is -1.95. The third-order valence-corrected chi connectivity index (χ3v) is 3.96. The molecule has 2 aromatic heterocycles. The van der Waals surface area contributed by atoms with Gasteiger partial charge >= 0.3 is 0 Å². The van der Waals surface area contributed by atoms with Crippen LogP contribution in [0.2, 0.25) is 0 Å². The molecule has 6 heteroatoms. The number of hydrogen-bond donors (Lipinski definition) is 1. The summed E-state index contributed by atoms with van der Waals surface area (Å²) in [7, 11) is 3.85. The van der Waals surface area contributed by atoms with Gasteiger partial charge in [0, 0.05) is 38.5 Å². The largest absolute Gasteiger partial charge is 0.373 e. The van der Waals surface area contributed by atoms with Crippen molar-refractivity contribution >= 4 is 5.82 Å². The Morgan fingerprint density at radius 2 is 2.24 bits per heavy atom. The molecule has 0 radical (unpaired) electrons. The first-order chi connectivity index (χ1) is 10.2. The second-order valence-corrected chi connectivity index (χ2v) is 5.63. The number of aryl methyl sites for hydroxylation is 2. The number of anilines is 1. The maximum atomic E-state index is 4.65. The lowest BCUT2D eigenvalue weighted by Crippen LogP contribution is -2.23. The van der Waals surface area contributed by atoms with Gasteiger partial charge in [0.25, 0.3) is 0 Å². The molecule has 0 bridgehead atoms. The number of likely N-dealkylation sites (tertiary alicyclic amines) is 1. The molecule has 1 saturated heterocycles. The van der Waals surface area contributed by atoms with E-state index in [-0.39, 0.29) is 0 Å². The van der Waals surface area contributed by atoms with Crippen LogP contribution in [0.15, 0.2) is 18.5 Å². The lowest BCUT2D eigenvalue weighted by atomic mass is 10.1. The molecule has 1 fully saturated rings. The van der Waals surface area contributed by atoms with E-state index in [9.17, 15) is 0 Å². The predicted octanol–water partition coefficient (Wildman–Crippen LogP) is 1.90. The highest BCUT2D eigenvalue weighted by atomic mass is 15.3. The molecule has 1 N–H and O–H groups in total. The first-order valence-corrected chi connectivity index (χ1v) is 7.40. The zero-order valence-corrected chi connectivity index (χ0v) is 12.9. The van der Waals surface area contributed by atoms with Gasteiger partial charge in [-0.15, -0.1) is 0 Å². The van der Waals surface area contributed by atoms with Crippen molar-refractivity contribution in [3.63, 3.8) is 0 Å². The van der Waals surface area contributed by atoms with E-state index >= 15 is 0 Å². The summed E-state index contributed by atoms with van der Waals surface area (Å²) >= 11 is 0. The number of nitrogens with one attached hydrogen (secondary N) is 1. The molecule has 112 valence electrons. The number of hydrogen-bond acceptors (Lipinski definition) is 5. The van der Waals surface area contributed by atoms with Crippen LogP contribution in [0, 0.1) is 6.92 Å². The van der Waals surface area contributed by atoms with E-state index in [1.165, 1.54) is 12.0 Å². The Morgan fingerprint density at radius 3 is 2.95 bits per heavy atom. The van der Waals surface area contributed by atoms with E-state index in [0.717, 1.165) is 36.8 Å². The van der Waals surface area contributed by atoms with Crippen LogP contribution in [0.3, 0.4) is 0 Å². The van der Waals surface area contributed by atoms with Gasteiger partial charge in [-0.2, -0.15) is 5.10 Å². The van der Waals surface area contributed by atoms with Crippen molar-refractivity contribution in [1.82, 2.24) is 24.6 Å². The summed E-state index contributed by atoms with van der Waals surface area (Å²) in [6.45, 7) is 3.98. The standard InChI is InChI=1S/C15H22N6/c1-11-18-13(7-15(16-2)19-11)14-5-4-6-21(14)10-12-8-17-20(3)9-12/h7-9,14H,4-6,10H2,1-3H3,(H,16,18,19). The molecule has 3 rings (SSSR count). The highest BCUT2D eigenvalue weighted by Gasteiger charge is 2.27. The summed E-state index contributed by atoms with van der Waals surface area (Å²) in [5.74, 6) is 1.72. The molecular formula is C15H22N6. The topological polar surface area (TPSA) is 58.9 Å². The molecule has 6 nitrogen and oxygen atoms in total. The average Bonchev–Trinajstić information content (AvgIpc) is 3.08. The molecule has 0 aromatic carbocycles. The van der Waals surface area contributed by atoms with Gasteiger partial charge in [-0.3, -0.25) is 9.58 Å². The predicted molar refractivity (Wildman–Crippen MR) is 81.9 cm³/mol. The van der Waals surface area contributed by atoms with Crippen LogP contribution in [0.1, 0.15) is 36.0 Å². The number of nitrogens with zero attached hydrogens (tertiary/aromatic N) is 5. The SMILES string of the molecule is CNc1cc(C2CCCN2Cc2cnn(C)c2)nc(C)n1. The molecule has 21 heavy (non-hydrogen) atoms. The van der Waals surface area contributed by atoms with Gasteiger partial charge < -0.3 is 5.32 Å². The third kappa shape index (κ3) is 3.05. The highest BCUT2D eigenvalue weighted by molar-refractivity contribution is 5.36. The maximum absolute atomic E-state index is 4.65. The zero-order valence-electron chi connectivity index (χ0n) is 12.9. The van der Waals surface area contributed by atoms with Crippen molar-refractivity contribution in [3.05, 3.63) is 35.5 Å². The van der Waals surface area contributed by atoms with Crippen molar-refractivity contribution in [1.29, 1.82) is 0 Å². The lowest BCUT2D eigenvalue weighted by molar-refractivity contribution is 0.244. The molecule has 1 atom stereocenters. The molecule has 3 heterocycles. The van der Waals surface area contributed by atoms with Crippen molar-refractivity contribution < 1.29 is 0 Å². The normalized spacial score (nSPS) is 19.1. The summed E-state index contributed by atoms with van der Waals surface area (Å²) < 4.78 is 1.86. The molecular weight excluding hydrogens is 264 g/mol. The van der Waals surface area contributed by atoms with Gasteiger partial charge in [0.2, 0.25) is 0 Å². The molecule has 1 aliphatic heterocycles. The minimum Gasteiger partial charge on any atom is -0.373 e. The molecule has 0 spiro atoms. The monoisotopic (exact) mass is 286 g/mol. The molecule has 1 aliphatic rings. The van der Waals surface area contributed by atoms with Gasteiger partial charge in [0.15, 0.2) is 0 Å². The lowest BCUT2D eigenvalue weighted by Gasteiger charge is -2.24. The molecule has 1 unspecified atom stereocenters. The van der Waals surface area contributed by atoms with Gasteiger partial charge in [-0.05, 0) is 26.3 Å². The van der Waals surface area contributed by atoms with Crippen LogP contribution in [0.4, 0.5) is 5.82 Å². The Kier molecular flexibility index (Phi) is 3.88. The van der Waals surface area contributed by atoms with Crippen LogP contribution in [0.25, 0.3) is 0 Å². The van der Waals surface area contributed by atoms with Crippen molar-refractivity contribution in [2.45, 2.75) is 32.4 Å². The van der Waals surface area contributed by atoms with Gasteiger partial charge in [0.05, 0.1) is 17.9 Å². The summed E-state index contributed by atoms with van der Waals surface area (Å²) in [6, 6.07) is 2.44. The zero-order chi connectivity index (χ0) is 14.8. The van der Waals surface area contributed by atoms with Crippen LogP contribution in [0.5, 0.6) is 0 Å². The van der Waals surface area contributed by atoms with Gasteiger partial charge in [-0.1, -0.05) is 0 Å². The summed E-state index contributed by atoms with van der Waals surface area (Å²) in [6.07, 6.45) is 6.39. The summed E-state index contributed by atoms with van der Waals surface area (Å²) in [5.41, 5.74) is 2.37. The van der Waals surface area contributed by atoms with E-state index < -0.39 is 0 Å². The smallest absolute Gasteiger partial charge is 0.129 e. The van der Waals surface area contributed by atoms with Crippen LogP contribution in [-0.2, 0) is 13.6 Å². The van der Waals surface area contributed by atoms with Crippen molar-refractivity contribution in [3.8, 4) is 0 Å². The summed E-state index contributed by atoms with van der Waals surface area (Å²) in [5, 5.41) is 7.37. The van der Waals surface area contributed by atoms with E-state index in [2.05, 4.69) is 37.5 Å². The van der Waals surface area contributed by atoms with Crippen LogP contribution >= 0.6 is 0 Å². The van der Waals surface area contributed by atoms with E-state index in [4.69, 9.17) is 0 Å². The fourth-order valence-electron chi connectivity index (χ4n) is 3.03. The third-order valence-electron chi connectivity index (χ3n) is 3.96.